The third kappa shape index (κ3) is 6.86. The van der Waals surface area contributed by atoms with E-state index in [-0.39, 0.29) is 17.4 Å². The standard InChI is InChI=1S/C27H33N4O5P/c1-7-14-31(17-20-8-13-24-23(16-20)27(33)29-19(4)28-24)22-11-9-21(10-12-22)26(32)30-25(15-18(2)3)37(34,35-5)36-6/h1,8-13,16,18,25H,14-15,17H2,2-6H3,(H,30,32)(H,28,29,33). The third-order valence-electron chi connectivity index (χ3n) is 5.92. The Balaban J connectivity index is 1.80. The third-order valence-corrected chi connectivity index (χ3v) is 8.04. The summed E-state index contributed by atoms with van der Waals surface area (Å²) in [6, 6.07) is 12.5. The number of nitrogens with one attached hydrogen (secondary N) is 2. The van der Waals surface area contributed by atoms with E-state index in [1.807, 2.05) is 36.9 Å². The van der Waals surface area contributed by atoms with Crippen LogP contribution in [0.2, 0.25) is 0 Å². The molecule has 1 amide bonds. The Morgan fingerprint density at radius 1 is 1.19 bits per heavy atom. The summed E-state index contributed by atoms with van der Waals surface area (Å²) >= 11 is 0. The van der Waals surface area contributed by atoms with Gasteiger partial charge in [0.15, 0.2) is 0 Å². The van der Waals surface area contributed by atoms with Gasteiger partial charge in [-0.1, -0.05) is 25.8 Å². The van der Waals surface area contributed by atoms with Crippen molar-refractivity contribution < 1.29 is 18.4 Å². The van der Waals surface area contributed by atoms with Gasteiger partial charge in [0.25, 0.3) is 11.5 Å². The minimum atomic E-state index is -3.51. The minimum absolute atomic E-state index is 0.161. The van der Waals surface area contributed by atoms with Gasteiger partial charge in [0.05, 0.1) is 17.4 Å². The molecular weight excluding hydrogens is 491 g/mol. The molecule has 0 radical (unpaired) electrons. The van der Waals surface area contributed by atoms with Crippen molar-refractivity contribution in [1.29, 1.82) is 0 Å². The number of rotatable bonds is 11. The lowest BCUT2D eigenvalue weighted by atomic mass is 10.1. The Morgan fingerprint density at radius 3 is 2.46 bits per heavy atom. The van der Waals surface area contributed by atoms with Crippen LogP contribution in [0.15, 0.2) is 47.3 Å². The summed E-state index contributed by atoms with van der Waals surface area (Å²) in [5, 5.41) is 3.32. The second-order valence-corrected chi connectivity index (χ2v) is 11.6. The number of fused-ring (bicyclic) bond motifs is 1. The highest BCUT2D eigenvalue weighted by Crippen LogP contribution is 2.52. The number of hydrogen-bond donors (Lipinski definition) is 2. The lowest BCUT2D eigenvalue weighted by Gasteiger charge is -2.27. The van der Waals surface area contributed by atoms with Gasteiger partial charge in [-0.3, -0.25) is 14.2 Å². The van der Waals surface area contributed by atoms with Crippen molar-refractivity contribution in [3.05, 3.63) is 69.8 Å². The van der Waals surface area contributed by atoms with Crippen molar-refractivity contribution in [2.75, 3.05) is 25.7 Å². The largest absolute Gasteiger partial charge is 0.356 e. The number of nitrogens with zero attached hydrogens (tertiary/aromatic N) is 2. The van der Waals surface area contributed by atoms with E-state index in [2.05, 4.69) is 21.2 Å². The molecule has 1 aromatic heterocycles. The van der Waals surface area contributed by atoms with E-state index in [9.17, 15) is 14.2 Å². The second-order valence-electron chi connectivity index (χ2n) is 9.13. The van der Waals surface area contributed by atoms with Gasteiger partial charge >= 0.3 is 7.60 Å². The fourth-order valence-corrected chi connectivity index (χ4v) is 5.68. The lowest BCUT2D eigenvalue weighted by molar-refractivity contribution is 0.0937. The number of anilines is 1. The van der Waals surface area contributed by atoms with E-state index in [1.54, 1.807) is 31.2 Å². The Hall–Kier alpha value is -3.44. The zero-order chi connectivity index (χ0) is 27.2. The maximum Gasteiger partial charge on any atom is 0.352 e. The summed E-state index contributed by atoms with van der Waals surface area (Å²) in [6.45, 7) is 6.46. The molecule has 0 aliphatic carbocycles. The molecule has 1 atom stereocenters. The first-order valence-corrected chi connectivity index (χ1v) is 13.5. The van der Waals surface area contributed by atoms with Gasteiger partial charge in [-0.05, 0) is 61.2 Å². The maximum absolute atomic E-state index is 13.0. The van der Waals surface area contributed by atoms with Crippen molar-refractivity contribution in [2.24, 2.45) is 5.92 Å². The zero-order valence-electron chi connectivity index (χ0n) is 21.8. The van der Waals surface area contributed by atoms with E-state index in [0.29, 0.717) is 41.8 Å². The molecule has 0 spiro atoms. The van der Waals surface area contributed by atoms with Gasteiger partial charge in [-0.2, -0.15) is 0 Å². The number of carbonyl (C=O) groups excluding carboxylic acids is 1. The van der Waals surface area contributed by atoms with Crippen LogP contribution in [0.3, 0.4) is 0 Å². The number of aromatic amines is 1. The van der Waals surface area contributed by atoms with Crippen LogP contribution in [0.5, 0.6) is 0 Å². The molecule has 196 valence electrons. The molecule has 0 bridgehead atoms. The summed E-state index contributed by atoms with van der Waals surface area (Å²) in [5.74, 6) is 2.22. The van der Waals surface area contributed by atoms with Gasteiger partial charge in [-0.15, -0.1) is 6.42 Å². The average Bonchev–Trinajstić information content (AvgIpc) is 2.87. The normalized spacial score (nSPS) is 12.4. The SMILES string of the molecule is C#CCN(Cc1ccc2nc(C)[nH]c(=O)c2c1)c1ccc(C(=O)NC(CC(C)C)P(=O)(OC)OC)cc1. The predicted molar refractivity (Wildman–Crippen MR) is 146 cm³/mol. The van der Waals surface area contributed by atoms with Gasteiger partial charge in [0, 0.05) is 32.0 Å². The highest BCUT2D eigenvalue weighted by molar-refractivity contribution is 7.54. The molecule has 10 heteroatoms. The van der Waals surface area contributed by atoms with Crippen LogP contribution < -0.4 is 15.8 Å². The van der Waals surface area contributed by atoms with Crippen LogP contribution in [-0.2, 0) is 20.2 Å². The lowest BCUT2D eigenvalue weighted by Crippen LogP contribution is -2.36. The number of carbonyl (C=O) groups is 1. The molecule has 9 nitrogen and oxygen atoms in total. The van der Waals surface area contributed by atoms with Crippen LogP contribution in [0.4, 0.5) is 5.69 Å². The van der Waals surface area contributed by atoms with Gasteiger partial charge in [0.2, 0.25) is 0 Å². The fraction of sp³-hybridized carbons (Fsp3) is 0.370. The highest BCUT2D eigenvalue weighted by Gasteiger charge is 2.35. The van der Waals surface area contributed by atoms with Crippen molar-refractivity contribution in [3.8, 4) is 12.3 Å². The Morgan fingerprint density at radius 2 is 1.86 bits per heavy atom. The molecule has 0 saturated heterocycles. The summed E-state index contributed by atoms with van der Waals surface area (Å²) in [4.78, 5) is 34.4. The van der Waals surface area contributed by atoms with Gasteiger partial charge in [0.1, 0.15) is 11.6 Å². The van der Waals surface area contributed by atoms with Crippen molar-refractivity contribution in [3.63, 3.8) is 0 Å². The first-order valence-electron chi connectivity index (χ1n) is 11.9. The minimum Gasteiger partial charge on any atom is -0.356 e. The Kier molecular flexibility index (Phi) is 9.28. The van der Waals surface area contributed by atoms with Crippen LogP contribution in [-0.4, -0.2) is 42.4 Å². The van der Waals surface area contributed by atoms with Crippen LogP contribution in [0.1, 0.15) is 42.0 Å². The fourth-order valence-electron chi connectivity index (χ4n) is 4.07. The van der Waals surface area contributed by atoms with E-state index in [1.165, 1.54) is 14.2 Å². The molecule has 37 heavy (non-hydrogen) atoms. The molecule has 2 N–H and O–H groups in total. The summed E-state index contributed by atoms with van der Waals surface area (Å²) in [5.41, 5.74) is 2.54. The number of H-pyrrole nitrogens is 1. The Bertz CT molecular complexity index is 1390. The first-order chi connectivity index (χ1) is 17.6. The monoisotopic (exact) mass is 524 g/mol. The van der Waals surface area contributed by atoms with E-state index < -0.39 is 13.4 Å². The number of benzene rings is 2. The van der Waals surface area contributed by atoms with Gasteiger partial charge < -0.3 is 24.2 Å². The summed E-state index contributed by atoms with van der Waals surface area (Å²) in [7, 11) is -0.893. The number of hydrogen-bond acceptors (Lipinski definition) is 7. The van der Waals surface area contributed by atoms with Crippen LogP contribution in [0.25, 0.3) is 10.9 Å². The molecule has 0 aliphatic heterocycles. The van der Waals surface area contributed by atoms with Crippen LogP contribution >= 0.6 is 7.60 Å². The molecular formula is C27H33N4O5P. The topological polar surface area (TPSA) is 114 Å². The number of aryl methyl sites for hydroxylation is 1. The van der Waals surface area contributed by atoms with Gasteiger partial charge in [-0.25, -0.2) is 4.98 Å². The Labute approximate surface area is 217 Å². The van der Waals surface area contributed by atoms with E-state index in [0.717, 1.165) is 11.3 Å². The molecule has 1 unspecified atom stereocenters. The number of aromatic nitrogens is 2. The maximum atomic E-state index is 13.0. The molecule has 3 rings (SSSR count). The summed E-state index contributed by atoms with van der Waals surface area (Å²) < 4.78 is 23.2. The molecule has 0 saturated carbocycles. The predicted octanol–water partition coefficient (Wildman–Crippen LogP) is 4.46. The molecule has 3 aromatic rings. The van der Waals surface area contributed by atoms with Crippen molar-refractivity contribution >= 4 is 30.1 Å². The summed E-state index contributed by atoms with van der Waals surface area (Å²) in [6.07, 6.45) is 6.05. The first kappa shape index (κ1) is 28.1. The molecule has 1 heterocycles. The highest BCUT2D eigenvalue weighted by atomic mass is 31.2. The molecule has 0 fully saturated rings. The number of terminal acetylenes is 1. The van der Waals surface area contributed by atoms with E-state index >= 15 is 0 Å². The van der Waals surface area contributed by atoms with Crippen molar-refractivity contribution in [1.82, 2.24) is 15.3 Å². The molecule has 0 aliphatic rings. The zero-order valence-corrected chi connectivity index (χ0v) is 22.7. The van der Waals surface area contributed by atoms with Crippen molar-refractivity contribution in [2.45, 2.75) is 39.5 Å². The second kappa shape index (κ2) is 12.2. The average molecular weight is 525 g/mol. The smallest absolute Gasteiger partial charge is 0.352 e. The van der Waals surface area contributed by atoms with E-state index in [4.69, 9.17) is 15.5 Å². The quantitative estimate of drug-likeness (QED) is 0.281. The number of amides is 1. The molecule has 2 aromatic carbocycles. The van der Waals surface area contributed by atoms with Crippen LogP contribution in [0, 0.1) is 25.2 Å².